The van der Waals surface area contributed by atoms with Gasteiger partial charge in [0.05, 0.1) is 14.7 Å². The zero-order valence-corrected chi connectivity index (χ0v) is 43.8. The number of hydrazine groups is 3. The van der Waals surface area contributed by atoms with E-state index in [4.69, 9.17) is 9.47 Å². The van der Waals surface area contributed by atoms with Gasteiger partial charge in [0, 0.05) is 102 Å². The highest BCUT2D eigenvalue weighted by atomic mass is 35.5. The van der Waals surface area contributed by atoms with Crippen molar-refractivity contribution in [2.24, 2.45) is 15.0 Å². The molecule has 0 saturated carbocycles. The van der Waals surface area contributed by atoms with E-state index in [9.17, 15) is 42.3 Å². The largest absolute Gasteiger partial charge is 0.507 e. The van der Waals surface area contributed by atoms with Crippen LogP contribution in [0.25, 0.3) is 18.2 Å². The van der Waals surface area contributed by atoms with Crippen molar-refractivity contribution in [2.45, 2.75) is 38.5 Å². The molecule has 3 aromatic rings. The first-order valence-electron chi connectivity index (χ1n) is 23.0. The van der Waals surface area contributed by atoms with Gasteiger partial charge in [0.2, 0.25) is 0 Å². The topological polar surface area (TPSA) is 213 Å². The Bertz CT molecular complexity index is 2680. The molecule has 0 spiro atoms. The van der Waals surface area contributed by atoms with Crippen LogP contribution in [0.1, 0.15) is 55.2 Å². The molecule has 3 aromatic carbocycles. The fraction of sp³-hybridized carbons (Fsp3) is 0.333. The number of aromatic hydroxyl groups is 1. The Labute approximate surface area is 443 Å². The van der Waals surface area contributed by atoms with Gasteiger partial charge in [0.1, 0.15) is 34.7 Å². The molecule has 6 aliphatic rings. The minimum Gasteiger partial charge on any atom is -0.507 e. The molecule has 19 nitrogen and oxygen atoms in total. The van der Waals surface area contributed by atoms with E-state index < -0.39 is 29.6 Å². The van der Waals surface area contributed by atoms with Crippen LogP contribution in [0, 0.1) is 17.5 Å². The minimum atomic E-state index is -0.630. The first-order chi connectivity index (χ1) is 35.0. The molecular formula is C48H53ClF3N11O8S3. The average Bonchev–Trinajstić information content (AvgIpc) is 4.07. The Morgan fingerprint density at radius 1 is 0.554 bits per heavy atom. The molecule has 9 rings (SSSR count). The van der Waals surface area contributed by atoms with Gasteiger partial charge in [-0.3, -0.25) is 29.4 Å². The predicted molar refractivity (Wildman–Crippen MR) is 283 cm³/mol. The van der Waals surface area contributed by atoms with Crippen molar-refractivity contribution in [3.05, 3.63) is 103 Å². The third-order valence-corrected chi connectivity index (χ3v) is 13.8. The predicted octanol–water partition coefficient (Wildman–Crippen LogP) is 7.44. The summed E-state index contributed by atoms with van der Waals surface area (Å²) < 4.78 is 50.5. The summed E-state index contributed by atoms with van der Waals surface area (Å²) in [4.78, 5) is 75.8. The minimum absolute atomic E-state index is 0. The summed E-state index contributed by atoms with van der Waals surface area (Å²) in [6.07, 6.45) is 9.78. The number of halogens is 4. The molecule has 3 saturated heterocycles. The van der Waals surface area contributed by atoms with Gasteiger partial charge < -0.3 is 24.4 Å². The van der Waals surface area contributed by atoms with Gasteiger partial charge in [-0.2, -0.15) is 15.0 Å². The number of nitrogens with zero attached hydrogens (tertiary/aromatic N) is 8. The van der Waals surface area contributed by atoms with Crippen molar-refractivity contribution < 1.29 is 51.7 Å². The molecule has 4 N–H and O–H groups in total. The van der Waals surface area contributed by atoms with Crippen LogP contribution in [0.3, 0.4) is 0 Å². The van der Waals surface area contributed by atoms with Crippen LogP contribution >= 0.6 is 47.7 Å². The molecule has 0 unspecified atom stereocenters. The van der Waals surface area contributed by atoms with E-state index in [-0.39, 0.29) is 47.4 Å². The normalized spacial score (nSPS) is 19.2. The summed E-state index contributed by atoms with van der Waals surface area (Å²) in [5.41, 5.74) is 10.9. The molecule has 0 aliphatic carbocycles. The van der Waals surface area contributed by atoms with Crippen LogP contribution in [-0.4, -0.2) is 143 Å². The summed E-state index contributed by atoms with van der Waals surface area (Å²) in [6.45, 7) is 4.94. The number of carbonyl (C=O) groups excluding carboxylic acids is 5. The third-order valence-electron chi connectivity index (χ3n) is 10.8. The number of rotatable bonds is 5. The van der Waals surface area contributed by atoms with Gasteiger partial charge in [-0.15, -0.1) is 12.4 Å². The molecule has 0 radical (unpaired) electrons. The Morgan fingerprint density at radius 3 is 1.19 bits per heavy atom. The highest BCUT2D eigenvalue weighted by Crippen LogP contribution is 2.36. The van der Waals surface area contributed by atoms with E-state index in [0.717, 1.165) is 96.0 Å². The number of phenolic OH excluding ortho intramolecular Hbond substituents is 1. The lowest BCUT2D eigenvalue weighted by Crippen LogP contribution is -2.45. The number of nitrogens with one attached hydrogen (secondary N) is 3. The molecule has 6 heterocycles. The molecule has 0 bridgehead atoms. The van der Waals surface area contributed by atoms with E-state index in [1.807, 2.05) is 15.0 Å². The standard InChI is InChI=1S/2C17H19FN4O3S.C14H14FN3O2S.ClH/c2*1-21(2)17(24)25-13-10-12(18)6-5-11(13)9-14-15(23)20-16(26-14)22-8-4-3-7-19-22;15-10-4-3-9(11(19)8-10)7-12-13(20)17-14(21-12)18-6-2-1-5-16-18;/h2*5-6,9-10,19H,3-4,7-8H2,1-2H3;3-4,7-8,16,19H,1-2,5-6H2;1H/b2*14-9+;12-7-;. The van der Waals surface area contributed by atoms with Crippen LogP contribution in [0.4, 0.5) is 22.8 Å². The monoisotopic (exact) mass is 1100 g/mol. The van der Waals surface area contributed by atoms with Gasteiger partial charge in [-0.05, 0) is 128 Å². The van der Waals surface area contributed by atoms with E-state index >= 15 is 0 Å². The summed E-state index contributed by atoms with van der Waals surface area (Å²) in [7, 11) is 6.12. The number of hydrogen-bond donors (Lipinski definition) is 4. The number of amidine groups is 3. The van der Waals surface area contributed by atoms with E-state index in [1.165, 1.54) is 116 Å². The number of phenols is 1. The van der Waals surface area contributed by atoms with E-state index in [0.29, 0.717) is 46.9 Å². The molecule has 74 heavy (non-hydrogen) atoms. The second-order valence-corrected chi connectivity index (χ2v) is 19.9. The number of benzene rings is 3. The quantitative estimate of drug-likeness (QED) is 0.183. The van der Waals surface area contributed by atoms with Crippen molar-refractivity contribution in [1.29, 1.82) is 0 Å². The van der Waals surface area contributed by atoms with Crippen LogP contribution in [0.5, 0.6) is 17.2 Å². The Hall–Kier alpha value is -6.35. The van der Waals surface area contributed by atoms with Crippen molar-refractivity contribution in [2.75, 3.05) is 67.5 Å². The average molecular weight is 1100 g/mol. The number of aliphatic imine (C=N–C) groups is 3. The van der Waals surface area contributed by atoms with Crippen molar-refractivity contribution in [1.82, 2.24) is 41.1 Å². The summed E-state index contributed by atoms with van der Waals surface area (Å²) in [5.74, 6) is -2.76. The highest BCUT2D eigenvalue weighted by Gasteiger charge is 2.30. The number of carbonyl (C=O) groups is 5. The number of hydrogen-bond acceptors (Lipinski definition) is 17. The maximum atomic E-state index is 13.6. The molecule has 0 atom stereocenters. The molecule has 6 aliphatic heterocycles. The second kappa shape index (κ2) is 26.7. The molecule has 3 fully saturated rings. The van der Waals surface area contributed by atoms with Crippen LogP contribution in [-0.2, 0) is 14.4 Å². The van der Waals surface area contributed by atoms with Crippen LogP contribution in [0.15, 0.2) is 84.3 Å². The summed E-state index contributed by atoms with van der Waals surface area (Å²) >= 11 is 3.73. The lowest BCUT2D eigenvalue weighted by atomic mass is 10.2. The molecule has 0 aromatic heterocycles. The fourth-order valence-corrected chi connectivity index (χ4v) is 9.69. The Balaban J connectivity index is 0.000000181. The fourth-order valence-electron chi connectivity index (χ4n) is 6.96. The summed E-state index contributed by atoms with van der Waals surface area (Å²) in [5, 5.41) is 17.1. The third kappa shape index (κ3) is 15.6. The maximum Gasteiger partial charge on any atom is 0.414 e. The smallest absolute Gasteiger partial charge is 0.414 e. The van der Waals surface area contributed by atoms with Gasteiger partial charge >= 0.3 is 12.2 Å². The Kier molecular flexibility index (Phi) is 20.6. The second-order valence-electron chi connectivity index (χ2n) is 16.8. The zero-order chi connectivity index (χ0) is 52.2. The first-order valence-corrected chi connectivity index (χ1v) is 25.4. The van der Waals surface area contributed by atoms with Crippen molar-refractivity contribution in [3.8, 4) is 17.2 Å². The summed E-state index contributed by atoms with van der Waals surface area (Å²) in [6, 6.07) is 11.3. The van der Waals surface area contributed by atoms with E-state index in [2.05, 4.69) is 31.3 Å². The van der Waals surface area contributed by atoms with Crippen LogP contribution in [0.2, 0.25) is 0 Å². The van der Waals surface area contributed by atoms with Crippen LogP contribution < -0.4 is 25.8 Å². The zero-order valence-electron chi connectivity index (χ0n) is 40.6. The molecular weight excluding hydrogens is 1050 g/mol. The molecule has 5 amide bonds. The molecule has 26 heteroatoms. The van der Waals surface area contributed by atoms with Crippen molar-refractivity contribution >= 4 is 111 Å². The lowest BCUT2D eigenvalue weighted by Gasteiger charge is -2.28. The van der Waals surface area contributed by atoms with E-state index in [1.54, 1.807) is 12.2 Å². The SMILES string of the molecule is CN(C)C(=O)Oc1cc(F)ccc1/C=C1/SC(N2CCCCN2)=NC1=O.CN(C)C(=O)Oc1cc(F)ccc1/C=C1/SC(N2CCCCN2)=NC1=O.Cl.O=C1N=C(N2CCCCN2)S/C1=C\c1ccc(F)cc1O. The Morgan fingerprint density at radius 2 is 0.878 bits per heavy atom. The highest BCUT2D eigenvalue weighted by molar-refractivity contribution is 8.19. The van der Waals surface area contributed by atoms with Gasteiger partial charge in [0.25, 0.3) is 17.7 Å². The van der Waals surface area contributed by atoms with Crippen molar-refractivity contribution in [3.63, 3.8) is 0 Å². The number of ether oxygens (including phenoxy) is 2. The number of thioether (sulfide) groups is 3. The molecule has 394 valence electrons. The first kappa shape index (κ1) is 56.9. The lowest BCUT2D eigenvalue weighted by molar-refractivity contribution is -0.114. The number of amides is 5. The van der Waals surface area contributed by atoms with Gasteiger partial charge in [-0.1, -0.05) is 0 Å². The van der Waals surface area contributed by atoms with Gasteiger partial charge in [0.15, 0.2) is 15.5 Å². The van der Waals surface area contributed by atoms with Gasteiger partial charge in [-0.25, -0.2) is 39.0 Å². The maximum absolute atomic E-state index is 13.6.